The second-order valence-corrected chi connectivity index (χ2v) is 9.45. The normalized spacial score (nSPS) is 30.0. The SMILES string of the molecule is CC(C)CC(=O)N1CC2(CCN(CC3CC(C)(C)CO3)CC2)C1. The van der Waals surface area contributed by atoms with Crippen molar-refractivity contribution in [3.05, 3.63) is 0 Å². The first-order valence-corrected chi connectivity index (χ1v) is 9.39. The van der Waals surface area contributed by atoms with Crippen molar-refractivity contribution in [3.8, 4) is 0 Å². The zero-order valence-electron chi connectivity index (χ0n) is 15.4. The fourth-order valence-electron chi connectivity index (χ4n) is 4.43. The molecule has 23 heavy (non-hydrogen) atoms. The highest BCUT2D eigenvalue weighted by atomic mass is 16.5. The van der Waals surface area contributed by atoms with E-state index >= 15 is 0 Å². The van der Waals surface area contributed by atoms with Gasteiger partial charge in [-0.05, 0) is 43.7 Å². The minimum atomic E-state index is 0.354. The van der Waals surface area contributed by atoms with E-state index in [1.165, 1.54) is 32.4 Å². The molecule has 4 nitrogen and oxygen atoms in total. The predicted molar refractivity (Wildman–Crippen MR) is 92.3 cm³/mol. The number of carbonyl (C=O) groups excluding carboxylic acids is 1. The Morgan fingerprint density at radius 1 is 1.22 bits per heavy atom. The van der Waals surface area contributed by atoms with Gasteiger partial charge in [-0.2, -0.15) is 0 Å². The fourth-order valence-corrected chi connectivity index (χ4v) is 4.43. The topological polar surface area (TPSA) is 32.8 Å². The number of piperidine rings is 1. The van der Waals surface area contributed by atoms with Crippen molar-refractivity contribution in [2.75, 3.05) is 39.3 Å². The molecule has 1 amide bonds. The van der Waals surface area contributed by atoms with Crippen molar-refractivity contribution in [1.29, 1.82) is 0 Å². The van der Waals surface area contributed by atoms with Crippen molar-refractivity contribution in [2.45, 2.75) is 59.5 Å². The third-order valence-electron chi connectivity index (χ3n) is 5.86. The molecule has 3 heterocycles. The van der Waals surface area contributed by atoms with E-state index in [1.807, 2.05) is 0 Å². The number of nitrogens with zero attached hydrogens (tertiary/aromatic N) is 2. The van der Waals surface area contributed by atoms with Gasteiger partial charge in [0.25, 0.3) is 0 Å². The Morgan fingerprint density at radius 3 is 2.39 bits per heavy atom. The standard InChI is InChI=1S/C19H34N2O2/c1-15(2)9-17(22)21-12-19(13-21)5-7-20(8-6-19)11-16-10-18(3,4)14-23-16/h15-16H,5-14H2,1-4H3. The summed E-state index contributed by atoms with van der Waals surface area (Å²) in [5, 5.41) is 0. The van der Waals surface area contributed by atoms with Crippen molar-refractivity contribution in [2.24, 2.45) is 16.7 Å². The Morgan fingerprint density at radius 2 is 1.87 bits per heavy atom. The number of amides is 1. The molecule has 3 rings (SSSR count). The third-order valence-corrected chi connectivity index (χ3v) is 5.86. The van der Waals surface area contributed by atoms with Crippen LogP contribution in [0.2, 0.25) is 0 Å². The maximum atomic E-state index is 12.1. The second kappa shape index (κ2) is 6.36. The van der Waals surface area contributed by atoms with Gasteiger partial charge >= 0.3 is 0 Å². The highest BCUT2D eigenvalue weighted by molar-refractivity contribution is 5.77. The van der Waals surface area contributed by atoms with Gasteiger partial charge in [0.2, 0.25) is 5.91 Å². The molecule has 0 saturated carbocycles. The molecular weight excluding hydrogens is 288 g/mol. The lowest BCUT2D eigenvalue weighted by Crippen LogP contribution is -2.62. The Kier molecular flexibility index (Phi) is 4.76. The summed E-state index contributed by atoms with van der Waals surface area (Å²) in [4.78, 5) is 16.8. The molecule has 3 saturated heterocycles. The molecule has 1 spiro atoms. The molecule has 1 unspecified atom stereocenters. The average molecular weight is 322 g/mol. The quantitative estimate of drug-likeness (QED) is 0.798. The zero-order chi connectivity index (χ0) is 16.7. The van der Waals surface area contributed by atoms with Crippen molar-refractivity contribution in [3.63, 3.8) is 0 Å². The summed E-state index contributed by atoms with van der Waals surface area (Å²) >= 11 is 0. The van der Waals surface area contributed by atoms with Gasteiger partial charge < -0.3 is 14.5 Å². The first-order chi connectivity index (χ1) is 10.8. The zero-order valence-corrected chi connectivity index (χ0v) is 15.4. The van der Waals surface area contributed by atoms with E-state index in [2.05, 4.69) is 37.5 Å². The summed E-state index contributed by atoms with van der Waals surface area (Å²) in [6, 6.07) is 0. The first kappa shape index (κ1) is 17.2. The summed E-state index contributed by atoms with van der Waals surface area (Å²) in [7, 11) is 0. The minimum Gasteiger partial charge on any atom is -0.376 e. The molecule has 1 atom stereocenters. The lowest BCUT2D eigenvalue weighted by molar-refractivity contribution is -0.147. The monoisotopic (exact) mass is 322 g/mol. The molecule has 0 N–H and O–H groups in total. The van der Waals surface area contributed by atoms with Gasteiger partial charge in [0.05, 0.1) is 12.7 Å². The molecular formula is C19H34N2O2. The van der Waals surface area contributed by atoms with Gasteiger partial charge in [0, 0.05) is 31.5 Å². The molecule has 0 aromatic rings. The summed E-state index contributed by atoms with van der Waals surface area (Å²) in [6.07, 6.45) is 4.80. The van der Waals surface area contributed by atoms with Crippen LogP contribution in [-0.4, -0.2) is 61.1 Å². The van der Waals surface area contributed by atoms with E-state index in [1.54, 1.807) is 0 Å². The van der Waals surface area contributed by atoms with Crippen LogP contribution in [0, 0.1) is 16.7 Å². The lowest BCUT2D eigenvalue weighted by Gasteiger charge is -2.54. The van der Waals surface area contributed by atoms with Crippen molar-refractivity contribution in [1.82, 2.24) is 9.80 Å². The van der Waals surface area contributed by atoms with Crippen LogP contribution in [0.15, 0.2) is 0 Å². The van der Waals surface area contributed by atoms with E-state index in [9.17, 15) is 4.79 Å². The number of likely N-dealkylation sites (tertiary alicyclic amines) is 2. The molecule has 4 heteroatoms. The van der Waals surface area contributed by atoms with Crippen LogP contribution in [0.3, 0.4) is 0 Å². The number of hydrogen-bond acceptors (Lipinski definition) is 3. The molecule has 0 aromatic carbocycles. The third kappa shape index (κ3) is 4.08. The number of ether oxygens (including phenoxy) is 1. The number of rotatable bonds is 4. The average Bonchev–Trinajstić information content (AvgIpc) is 2.75. The molecule has 0 bridgehead atoms. The Bertz CT molecular complexity index is 431. The maximum Gasteiger partial charge on any atom is 0.222 e. The van der Waals surface area contributed by atoms with E-state index in [-0.39, 0.29) is 0 Å². The summed E-state index contributed by atoms with van der Waals surface area (Å²) < 4.78 is 5.95. The maximum absolute atomic E-state index is 12.1. The molecule has 0 aliphatic carbocycles. The van der Waals surface area contributed by atoms with Gasteiger partial charge in [0.15, 0.2) is 0 Å². The van der Waals surface area contributed by atoms with Crippen LogP contribution in [0.1, 0.15) is 53.4 Å². The van der Waals surface area contributed by atoms with E-state index in [4.69, 9.17) is 4.74 Å². The van der Waals surface area contributed by atoms with Gasteiger partial charge in [-0.15, -0.1) is 0 Å². The van der Waals surface area contributed by atoms with Crippen molar-refractivity contribution >= 4 is 5.91 Å². The van der Waals surface area contributed by atoms with Crippen LogP contribution in [-0.2, 0) is 9.53 Å². The molecule has 0 aromatic heterocycles. The second-order valence-electron chi connectivity index (χ2n) is 9.45. The lowest BCUT2D eigenvalue weighted by atomic mass is 9.71. The largest absolute Gasteiger partial charge is 0.376 e. The van der Waals surface area contributed by atoms with E-state index < -0.39 is 0 Å². The summed E-state index contributed by atoms with van der Waals surface area (Å²) in [5.41, 5.74) is 0.784. The molecule has 132 valence electrons. The predicted octanol–water partition coefficient (Wildman–Crippen LogP) is 2.77. The minimum absolute atomic E-state index is 0.354. The smallest absolute Gasteiger partial charge is 0.222 e. The fraction of sp³-hybridized carbons (Fsp3) is 0.947. The van der Waals surface area contributed by atoms with Crippen molar-refractivity contribution < 1.29 is 9.53 Å². The molecule has 3 aliphatic heterocycles. The number of carbonyl (C=O) groups is 1. The van der Waals surface area contributed by atoms with Crippen LogP contribution in [0.5, 0.6) is 0 Å². The Labute approximate surface area is 141 Å². The highest BCUT2D eigenvalue weighted by Gasteiger charge is 2.46. The molecule has 3 fully saturated rings. The van der Waals surface area contributed by atoms with E-state index in [0.717, 1.165) is 26.2 Å². The molecule has 3 aliphatic rings. The van der Waals surface area contributed by atoms with Crippen LogP contribution in [0.4, 0.5) is 0 Å². The van der Waals surface area contributed by atoms with Crippen LogP contribution in [0.25, 0.3) is 0 Å². The Hall–Kier alpha value is -0.610. The van der Waals surface area contributed by atoms with Gasteiger partial charge in [0.1, 0.15) is 0 Å². The van der Waals surface area contributed by atoms with Gasteiger partial charge in [-0.1, -0.05) is 27.7 Å². The van der Waals surface area contributed by atoms with E-state index in [0.29, 0.717) is 35.2 Å². The van der Waals surface area contributed by atoms with Crippen LogP contribution < -0.4 is 0 Å². The molecule has 0 radical (unpaired) electrons. The summed E-state index contributed by atoms with van der Waals surface area (Å²) in [6.45, 7) is 15.2. The Balaban J connectivity index is 1.39. The number of hydrogen-bond donors (Lipinski definition) is 0. The van der Waals surface area contributed by atoms with Gasteiger partial charge in [-0.3, -0.25) is 4.79 Å². The van der Waals surface area contributed by atoms with Crippen LogP contribution >= 0.6 is 0 Å². The van der Waals surface area contributed by atoms with Gasteiger partial charge in [-0.25, -0.2) is 0 Å². The highest BCUT2D eigenvalue weighted by Crippen LogP contribution is 2.41. The first-order valence-electron chi connectivity index (χ1n) is 9.39. The summed E-state index contributed by atoms with van der Waals surface area (Å²) in [5.74, 6) is 0.825.